The van der Waals surface area contributed by atoms with Crippen LogP contribution in [0.25, 0.3) is 0 Å². The summed E-state index contributed by atoms with van der Waals surface area (Å²) in [6.07, 6.45) is 18.2. The molecule has 2 nitrogen and oxygen atoms in total. The SMILES string of the molecule is C[C@H](CO)CCC[C@@H](C)[C@H]1CC[C@H]2[C@@H]3CC=C4C5(CC5)C(O)CC[C@]4(C)[C@H]3CC[C@]12C. The van der Waals surface area contributed by atoms with Gasteiger partial charge in [-0.25, -0.2) is 0 Å². The lowest BCUT2D eigenvalue weighted by Crippen LogP contribution is -2.53. The average molecular weight is 429 g/mol. The van der Waals surface area contributed by atoms with Crippen molar-refractivity contribution in [1.82, 2.24) is 0 Å². The number of aliphatic hydroxyl groups is 2. The van der Waals surface area contributed by atoms with Crippen LogP contribution in [0, 0.1) is 51.8 Å². The molecule has 31 heavy (non-hydrogen) atoms. The second-order valence-electron chi connectivity index (χ2n) is 13.3. The summed E-state index contributed by atoms with van der Waals surface area (Å²) >= 11 is 0. The van der Waals surface area contributed by atoms with Crippen molar-refractivity contribution in [2.24, 2.45) is 51.8 Å². The van der Waals surface area contributed by atoms with E-state index >= 15 is 0 Å². The van der Waals surface area contributed by atoms with Crippen molar-refractivity contribution in [1.29, 1.82) is 0 Å². The summed E-state index contributed by atoms with van der Waals surface area (Å²) in [5, 5.41) is 20.2. The number of hydrogen-bond donors (Lipinski definition) is 2. The van der Waals surface area contributed by atoms with E-state index in [9.17, 15) is 10.2 Å². The highest BCUT2D eigenvalue weighted by molar-refractivity contribution is 5.36. The Morgan fingerprint density at radius 2 is 1.74 bits per heavy atom. The van der Waals surface area contributed by atoms with Crippen LogP contribution in [-0.4, -0.2) is 22.9 Å². The molecular weight excluding hydrogens is 380 g/mol. The van der Waals surface area contributed by atoms with E-state index in [1.54, 1.807) is 5.57 Å². The lowest BCUT2D eigenvalue weighted by molar-refractivity contribution is -0.0691. The van der Waals surface area contributed by atoms with Gasteiger partial charge in [0.2, 0.25) is 0 Å². The molecule has 4 fully saturated rings. The molecule has 9 atom stereocenters. The van der Waals surface area contributed by atoms with E-state index < -0.39 is 0 Å². The minimum atomic E-state index is -0.0671. The minimum absolute atomic E-state index is 0.0671. The van der Waals surface area contributed by atoms with E-state index in [-0.39, 0.29) is 11.5 Å². The number of allylic oxidation sites excluding steroid dienone is 1. The van der Waals surface area contributed by atoms with Crippen molar-refractivity contribution in [3.63, 3.8) is 0 Å². The highest BCUT2D eigenvalue weighted by Gasteiger charge is 2.65. The fraction of sp³-hybridized carbons (Fsp3) is 0.931. The Hall–Kier alpha value is -0.340. The molecule has 4 saturated carbocycles. The lowest BCUT2D eigenvalue weighted by Gasteiger charge is -2.60. The fourth-order valence-corrected chi connectivity index (χ4v) is 9.87. The van der Waals surface area contributed by atoms with Gasteiger partial charge in [0.25, 0.3) is 0 Å². The van der Waals surface area contributed by atoms with Crippen LogP contribution in [0.1, 0.15) is 105 Å². The van der Waals surface area contributed by atoms with E-state index in [0.717, 1.165) is 36.0 Å². The summed E-state index contributed by atoms with van der Waals surface area (Å²) < 4.78 is 0. The third-order valence-electron chi connectivity index (χ3n) is 11.8. The quantitative estimate of drug-likeness (QED) is 0.459. The van der Waals surface area contributed by atoms with Crippen molar-refractivity contribution < 1.29 is 10.2 Å². The summed E-state index contributed by atoms with van der Waals surface area (Å²) in [7, 11) is 0. The maximum atomic E-state index is 10.8. The first-order chi connectivity index (χ1) is 14.8. The molecule has 0 saturated heterocycles. The molecule has 2 N–H and O–H groups in total. The van der Waals surface area contributed by atoms with Crippen molar-refractivity contribution in [3.05, 3.63) is 11.6 Å². The minimum Gasteiger partial charge on any atom is -0.396 e. The van der Waals surface area contributed by atoms with Gasteiger partial charge in [-0.2, -0.15) is 0 Å². The van der Waals surface area contributed by atoms with Crippen molar-refractivity contribution in [2.75, 3.05) is 6.61 Å². The van der Waals surface area contributed by atoms with Gasteiger partial charge in [0.05, 0.1) is 6.10 Å². The van der Waals surface area contributed by atoms with Gasteiger partial charge in [0, 0.05) is 12.0 Å². The van der Waals surface area contributed by atoms with Gasteiger partial charge in [-0.15, -0.1) is 0 Å². The van der Waals surface area contributed by atoms with Crippen molar-refractivity contribution in [3.8, 4) is 0 Å². The van der Waals surface area contributed by atoms with Gasteiger partial charge in [0.1, 0.15) is 0 Å². The predicted molar refractivity (Wildman–Crippen MR) is 128 cm³/mol. The standard InChI is InChI=1S/C29H48O2/c1-19(18-30)6-5-7-20(2)22-9-10-23-21-8-11-25-28(4,24(21)12-14-27(22,23)3)15-13-26(31)29(25)16-17-29/h11,19-24,26,30-31H,5-10,12-18H2,1-4H3/t19-,20+,21-,22+,23-,24-,26?,27+,28+/m0/s1. The van der Waals surface area contributed by atoms with Gasteiger partial charge in [-0.3, -0.25) is 0 Å². The smallest absolute Gasteiger partial charge is 0.0634 e. The van der Waals surface area contributed by atoms with E-state index in [2.05, 4.69) is 33.8 Å². The molecule has 0 aliphatic heterocycles. The van der Waals surface area contributed by atoms with Crippen LogP contribution in [0.5, 0.6) is 0 Å². The molecule has 0 aromatic carbocycles. The molecule has 5 aliphatic rings. The molecule has 1 unspecified atom stereocenters. The summed E-state index contributed by atoms with van der Waals surface area (Å²) in [5.41, 5.74) is 2.79. The molecule has 0 amide bonds. The van der Waals surface area contributed by atoms with Gasteiger partial charge >= 0.3 is 0 Å². The molecule has 0 heterocycles. The van der Waals surface area contributed by atoms with Crippen LogP contribution in [0.3, 0.4) is 0 Å². The first-order valence-corrected chi connectivity index (χ1v) is 13.8. The van der Waals surface area contributed by atoms with Gasteiger partial charge in [-0.1, -0.05) is 52.2 Å². The summed E-state index contributed by atoms with van der Waals surface area (Å²) in [6.45, 7) is 10.3. The van der Waals surface area contributed by atoms with Crippen LogP contribution in [-0.2, 0) is 0 Å². The fourth-order valence-electron chi connectivity index (χ4n) is 9.87. The Kier molecular flexibility index (Phi) is 5.70. The predicted octanol–water partition coefficient (Wildman–Crippen LogP) is 6.75. The normalized spacial score (nSPS) is 47.2. The summed E-state index contributed by atoms with van der Waals surface area (Å²) in [5.74, 6) is 4.82. The van der Waals surface area contributed by atoms with E-state index in [1.165, 1.54) is 70.6 Å². The topological polar surface area (TPSA) is 40.5 Å². The first kappa shape index (κ1) is 22.5. The van der Waals surface area contributed by atoms with Gasteiger partial charge in [0.15, 0.2) is 0 Å². The third-order valence-corrected chi connectivity index (χ3v) is 11.8. The molecule has 2 heteroatoms. The highest BCUT2D eigenvalue weighted by atomic mass is 16.3. The Balaban J connectivity index is 1.32. The van der Waals surface area contributed by atoms with E-state index in [4.69, 9.17) is 0 Å². The molecule has 0 bridgehead atoms. The monoisotopic (exact) mass is 428 g/mol. The van der Waals surface area contributed by atoms with Crippen LogP contribution in [0.2, 0.25) is 0 Å². The van der Waals surface area contributed by atoms with Crippen molar-refractivity contribution >= 4 is 0 Å². The maximum Gasteiger partial charge on any atom is 0.0634 e. The zero-order valence-corrected chi connectivity index (χ0v) is 20.7. The second kappa shape index (κ2) is 7.86. The van der Waals surface area contributed by atoms with Crippen LogP contribution < -0.4 is 0 Å². The van der Waals surface area contributed by atoms with Crippen molar-refractivity contribution in [2.45, 2.75) is 111 Å². The Labute approximate surface area is 191 Å². The maximum absolute atomic E-state index is 10.8. The van der Waals surface area contributed by atoms with Crippen LogP contribution >= 0.6 is 0 Å². The summed E-state index contributed by atoms with van der Waals surface area (Å²) in [4.78, 5) is 0. The van der Waals surface area contributed by atoms with Gasteiger partial charge in [-0.05, 0) is 111 Å². The second-order valence-corrected chi connectivity index (χ2v) is 13.3. The van der Waals surface area contributed by atoms with E-state index in [0.29, 0.717) is 23.4 Å². The van der Waals surface area contributed by atoms with Crippen LogP contribution in [0.15, 0.2) is 11.6 Å². The Morgan fingerprint density at radius 1 is 0.968 bits per heavy atom. The number of fused-ring (bicyclic) bond motifs is 6. The largest absolute Gasteiger partial charge is 0.396 e. The molecule has 1 spiro atoms. The van der Waals surface area contributed by atoms with Gasteiger partial charge < -0.3 is 10.2 Å². The molecule has 176 valence electrons. The molecule has 5 aliphatic carbocycles. The molecular formula is C29H48O2. The average Bonchev–Trinajstić information content (AvgIpc) is 3.45. The zero-order valence-electron chi connectivity index (χ0n) is 20.7. The van der Waals surface area contributed by atoms with E-state index in [1.807, 2.05) is 0 Å². The van der Waals surface area contributed by atoms with Crippen LogP contribution in [0.4, 0.5) is 0 Å². The zero-order chi connectivity index (χ0) is 22.0. The third kappa shape index (κ3) is 3.32. The lowest BCUT2D eigenvalue weighted by atomic mass is 9.45. The molecule has 0 aromatic heterocycles. The molecule has 5 rings (SSSR count). The Bertz CT molecular complexity index is 708. The number of rotatable bonds is 6. The Morgan fingerprint density at radius 3 is 2.45 bits per heavy atom. The summed E-state index contributed by atoms with van der Waals surface area (Å²) in [6, 6.07) is 0. The highest BCUT2D eigenvalue weighted by Crippen LogP contribution is 2.72. The molecule has 0 aromatic rings. The number of hydrogen-bond acceptors (Lipinski definition) is 2. The number of aliphatic hydroxyl groups excluding tert-OH is 2. The first-order valence-electron chi connectivity index (χ1n) is 13.8. The molecule has 0 radical (unpaired) electrons.